The minimum atomic E-state index is 0.283. The number of nitrogens with zero attached hydrogens (tertiary/aromatic N) is 3. The average Bonchev–Trinajstić information content (AvgIpc) is 3.01. The van der Waals surface area contributed by atoms with E-state index in [1.54, 1.807) is 7.05 Å². The molecule has 118 valence electrons. The van der Waals surface area contributed by atoms with Crippen molar-refractivity contribution in [2.75, 3.05) is 13.6 Å². The molecule has 1 aromatic carbocycles. The summed E-state index contributed by atoms with van der Waals surface area (Å²) >= 11 is 0. The van der Waals surface area contributed by atoms with Crippen LogP contribution in [0.25, 0.3) is 0 Å². The molecule has 0 saturated heterocycles. The molecule has 0 aliphatic rings. The molecule has 0 bridgehead atoms. The Hall–Kier alpha value is -2.37. The minimum Gasteiger partial charge on any atom is -0.356 e. The first-order chi connectivity index (χ1) is 10.7. The third-order valence-electron chi connectivity index (χ3n) is 3.16. The molecule has 0 aliphatic carbocycles. The molecule has 0 unspecified atom stereocenters. The number of aliphatic imine (C=N–C) groups is 1. The molecule has 0 amide bonds. The number of aromatic nitrogens is 2. The topological polar surface area (TPSA) is 75.3 Å². The van der Waals surface area contributed by atoms with Gasteiger partial charge in [-0.1, -0.05) is 49.3 Å². The molecule has 0 spiro atoms. The normalized spacial score (nSPS) is 11.7. The predicted octanol–water partition coefficient (Wildman–Crippen LogP) is 2.10. The van der Waals surface area contributed by atoms with Crippen molar-refractivity contribution in [1.29, 1.82) is 0 Å². The van der Waals surface area contributed by atoms with Crippen LogP contribution in [0, 0.1) is 0 Å². The molecule has 1 aromatic heterocycles. The number of hydrogen-bond acceptors (Lipinski definition) is 4. The minimum absolute atomic E-state index is 0.283. The lowest BCUT2D eigenvalue weighted by atomic mass is 10.2. The fraction of sp³-hybridized carbons (Fsp3) is 0.438. The molecule has 2 aromatic rings. The summed E-state index contributed by atoms with van der Waals surface area (Å²) in [5.41, 5.74) is 1.21. The van der Waals surface area contributed by atoms with Gasteiger partial charge in [0.15, 0.2) is 11.8 Å². The molecular formula is C16H23N5O. The third-order valence-corrected chi connectivity index (χ3v) is 3.16. The molecule has 0 radical (unpaired) electrons. The van der Waals surface area contributed by atoms with Crippen molar-refractivity contribution in [3.8, 4) is 0 Å². The predicted molar refractivity (Wildman–Crippen MR) is 86.7 cm³/mol. The second kappa shape index (κ2) is 8.17. The Bertz CT molecular complexity index is 592. The van der Waals surface area contributed by atoms with Gasteiger partial charge in [-0.25, -0.2) is 0 Å². The zero-order chi connectivity index (χ0) is 15.8. The summed E-state index contributed by atoms with van der Waals surface area (Å²) in [6, 6.07) is 10.2. The molecule has 0 saturated carbocycles. The average molecular weight is 301 g/mol. The van der Waals surface area contributed by atoms with Crippen LogP contribution in [-0.2, 0) is 13.0 Å². The van der Waals surface area contributed by atoms with Gasteiger partial charge >= 0.3 is 0 Å². The fourth-order valence-corrected chi connectivity index (χ4v) is 1.89. The number of guanidine groups is 1. The Morgan fingerprint density at radius 1 is 1.23 bits per heavy atom. The van der Waals surface area contributed by atoms with Crippen LogP contribution in [0.1, 0.15) is 37.0 Å². The van der Waals surface area contributed by atoms with Crippen LogP contribution in [0.15, 0.2) is 39.8 Å². The highest BCUT2D eigenvalue weighted by molar-refractivity contribution is 5.79. The highest BCUT2D eigenvalue weighted by atomic mass is 16.5. The summed E-state index contributed by atoms with van der Waals surface area (Å²) < 4.78 is 5.21. The van der Waals surface area contributed by atoms with Gasteiger partial charge in [-0.05, 0) is 5.56 Å². The van der Waals surface area contributed by atoms with Gasteiger partial charge in [0, 0.05) is 32.5 Å². The van der Waals surface area contributed by atoms with Crippen molar-refractivity contribution in [1.82, 2.24) is 20.8 Å². The molecule has 0 atom stereocenters. The van der Waals surface area contributed by atoms with Crippen LogP contribution in [0.5, 0.6) is 0 Å². The number of hydrogen-bond donors (Lipinski definition) is 2. The molecule has 0 aliphatic heterocycles. The lowest BCUT2D eigenvalue weighted by Gasteiger charge is -2.11. The fourth-order valence-electron chi connectivity index (χ4n) is 1.89. The van der Waals surface area contributed by atoms with E-state index in [9.17, 15) is 0 Å². The first kappa shape index (κ1) is 16.0. The zero-order valence-electron chi connectivity index (χ0n) is 13.3. The maximum atomic E-state index is 5.21. The summed E-state index contributed by atoms with van der Waals surface area (Å²) in [4.78, 5) is 8.54. The van der Waals surface area contributed by atoms with E-state index in [-0.39, 0.29) is 5.92 Å². The number of rotatable bonds is 6. The van der Waals surface area contributed by atoms with Crippen LogP contribution in [0.2, 0.25) is 0 Å². The first-order valence-corrected chi connectivity index (χ1v) is 7.50. The summed E-state index contributed by atoms with van der Waals surface area (Å²) in [5.74, 6) is 2.44. The van der Waals surface area contributed by atoms with Gasteiger partial charge in [0.2, 0.25) is 5.89 Å². The summed E-state index contributed by atoms with van der Waals surface area (Å²) in [7, 11) is 1.75. The van der Waals surface area contributed by atoms with E-state index in [2.05, 4.69) is 37.9 Å². The van der Waals surface area contributed by atoms with Crippen LogP contribution in [0.4, 0.5) is 0 Å². The van der Waals surface area contributed by atoms with E-state index >= 15 is 0 Å². The molecule has 1 heterocycles. The first-order valence-electron chi connectivity index (χ1n) is 7.50. The van der Waals surface area contributed by atoms with Crippen molar-refractivity contribution in [2.45, 2.75) is 32.7 Å². The third kappa shape index (κ3) is 4.87. The monoisotopic (exact) mass is 301 g/mol. The van der Waals surface area contributed by atoms with Gasteiger partial charge in [-0.2, -0.15) is 4.98 Å². The molecule has 2 rings (SSSR count). The van der Waals surface area contributed by atoms with E-state index < -0.39 is 0 Å². The van der Waals surface area contributed by atoms with Crippen LogP contribution in [-0.4, -0.2) is 29.7 Å². The Kier molecular flexibility index (Phi) is 5.94. The van der Waals surface area contributed by atoms with E-state index in [1.807, 2.05) is 32.0 Å². The number of nitrogens with one attached hydrogen (secondary N) is 2. The molecule has 0 fully saturated rings. The molecule has 6 heteroatoms. The zero-order valence-corrected chi connectivity index (χ0v) is 13.3. The molecule has 2 N–H and O–H groups in total. The molecule has 22 heavy (non-hydrogen) atoms. The molecular weight excluding hydrogens is 278 g/mol. The largest absolute Gasteiger partial charge is 0.356 e. The Morgan fingerprint density at radius 3 is 2.64 bits per heavy atom. The highest BCUT2D eigenvalue weighted by Crippen LogP contribution is 2.09. The van der Waals surface area contributed by atoms with Gasteiger partial charge in [0.1, 0.15) is 0 Å². The van der Waals surface area contributed by atoms with Crippen molar-refractivity contribution in [3.05, 3.63) is 47.6 Å². The second-order valence-electron chi connectivity index (χ2n) is 5.29. The van der Waals surface area contributed by atoms with Gasteiger partial charge in [0.05, 0.1) is 0 Å². The summed E-state index contributed by atoms with van der Waals surface area (Å²) in [6.45, 7) is 5.51. The molecule has 6 nitrogen and oxygen atoms in total. The van der Waals surface area contributed by atoms with E-state index in [4.69, 9.17) is 4.52 Å². The lowest BCUT2D eigenvalue weighted by molar-refractivity contribution is 0.371. The van der Waals surface area contributed by atoms with Gasteiger partial charge in [0.25, 0.3) is 0 Å². The smallest absolute Gasteiger partial charge is 0.228 e. The van der Waals surface area contributed by atoms with Crippen molar-refractivity contribution in [2.24, 2.45) is 4.99 Å². The van der Waals surface area contributed by atoms with Gasteiger partial charge in [-0.15, -0.1) is 0 Å². The Morgan fingerprint density at radius 2 is 2.00 bits per heavy atom. The van der Waals surface area contributed by atoms with E-state index in [0.717, 1.165) is 18.3 Å². The maximum Gasteiger partial charge on any atom is 0.228 e. The standard InChI is InChI=1S/C16H23N5O/c1-12(2)15-20-14(22-21-15)9-10-18-16(17-3)19-11-13-7-5-4-6-8-13/h4-8,12H,9-11H2,1-3H3,(H2,17,18,19). The summed E-state index contributed by atoms with van der Waals surface area (Å²) in [6.07, 6.45) is 0.672. The Balaban J connectivity index is 1.74. The summed E-state index contributed by atoms with van der Waals surface area (Å²) in [5, 5.41) is 10.5. The van der Waals surface area contributed by atoms with E-state index in [0.29, 0.717) is 18.9 Å². The second-order valence-corrected chi connectivity index (χ2v) is 5.29. The van der Waals surface area contributed by atoms with Crippen molar-refractivity contribution >= 4 is 5.96 Å². The van der Waals surface area contributed by atoms with Gasteiger partial charge < -0.3 is 15.2 Å². The van der Waals surface area contributed by atoms with E-state index in [1.165, 1.54) is 5.56 Å². The number of benzene rings is 1. The van der Waals surface area contributed by atoms with Crippen molar-refractivity contribution in [3.63, 3.8) is 0 Å². The van der Waals surface area contributed by atoms with Crippen LogP contribution >= 0.6 is 0 Å². The van der Waals surface area contributed by atoms with Gasteiger partial charge in [-0.3, -0.25) is 4.99 Å². The highest BCUT2D eigenvalue weighted by Gasteiger charge is 2.09. The quantitative estimate of drug-likeness (QED) is 0.631. The SMILES string of the molecule is CN=C(NCCc1nc(C(C)C)no1)NCc1ccccc1. The lowest BCUT2D eigenvalue weighted by Crippen LogP contribution is -2.37. The van der Waals surface area contributed by atoms with Crippen LogP contribution < -0.4 is 10.6 Å². The Labute approximate surface area is 131 Å². The maximum absolute atomic E-state index is 5.21. The van der Waals surface area contributed by atoms with Crippen molar-refractivity contribution < 1.29 is 4.52 Å². The van der Waals surface area contributed by atoms with Crippen LogP contribution in [0.3, 0.4) is 0 Å².